The second kappa shape index (κ2) is 45.1. The topological polar surface area (TPSA) is 336 Å². The van der Waals surface area contributed by atoms with Crippen molar-refractivity contribution >= 4 is 52.8 Å². The van der Waals surface area contributed by atoms with Crippen LogP contribution in [0.3, 0.4) is 0 Å². The molecule has 5 heterocycles. The molecule has 7 rings (SSSR count). The van der Waals surface area contributed by atoms with Crippen LogP contribution in [-0.4, -0.2) is 232 Å². The predicted molar refractivity (Wildman–Crippen MR) is 353 cm³/mol. The molecule has 6 amide bonds. The Hall–Kier alpha value is -7.62. The first kappa shape index (κ1) is 81.1. The van der Waals surface area contributed by atoms with E-state index in [4.69, 9.17) is 62.9 Å². The predicted octanol–water partition coefficient (Wildman–Crippen LogP) is 6.10. The van der Waals surface area contributed by atoms with E-state index in [0.717, 1.165) is 41.3 Å². The SMILES string of the molecule is CC(C)CCCOCCNC(=O)COCCOCCOCCOC(C)C.Cc1ncc(NC(=O)c2cccc(C(F)(F)F)c2)cc1-c1cnc(OCCOCCOCCOCC(=O)O)c(N2CCOCC2)c1.NCCOCCCc1cccc2c1C(=O)N(C1CCC(=O)NC1=O)C2=O. The van der Waals surface area contributed by atoms with Gasteiger partial charge in [0.2, 0.25) is 23.6 Å². The van der Waals surface area contributed by atoms with Crippen LogP contribution in [0.15, 0.2) is 67.0 Å². The number of pyridine rings is 2. The number of halogens is 3. The Morgan fingerprint density at radius 3 is 2.01 bits per heavy atom. The van der Waals surface area contributed by atoms with Gasteiger partial charge in [-0.15, -0.1) is 0 Å². The first-order valence-corrected chi connectivity index (χ1v) is 32.8. The number of hydrogen-bond donors (Lipinski definition) is 5. The number of rotatable bonds is 42. The number of aromatic nitrogens is 2. The van der Waals surface area contributed by atoms with Gasteiger partial charge in [-0.25, -0.2) is 9.78 Å². The summed E-state index contributed by atoms with van der Waals surface area (Å²) in [6.07, 6.45) is 2.48. The molecule has 1 unspecified atom stereocenters. The molecule has 30 heteroatoms. The molecular weight excluding hydrogens is 1290 g/mol. The molecule has 3 aliphatic heterocycles. The molecule has 0 spiro atoms. The lowest BCUT2D eigenvalue weighted by Gasteiger charge is -2.30. The highest BCUT2D eigenvalue weighted by molar-refractivity contribution is 6.24. The third-order valence-corrected chi connectivity index (χ3v) is 14.6. The molecule has 0 radical (unpaired) electrons. The third kappa shape index (κ3) is 29.8. The molecule has 0 aliphatic carbocycles. The number of imide groups is 2. The fraction of sp³-hybridized carbons (Fsp3) is 0.574. The average molecular weight is 1390 g/mol. The van der Waals surface area contributed by atoms with E-state index in [-0.39, 0.29) is 76.0 Å². The van der Waals surface area contributed by atoms with Crippen LogP contribution in [0.4, 0.5) is 24.5 Å². The number of nitrogens with zero attached hydrogens (tertiary/aromatic N) is 4. The number of benzene rings is 2. The average Bonchev–Trinajstić information content (AvgIpc) is 1.60. The number of aryl methyl sites for hydroxylation is 2. The summed E-state index contributed by atoms with van der Waals surface area (Å²) in [6, 6.07) is 12.0. The van der Waals surface area contributed by atoms with Gasteiger partial charge < -0.3 is 78.5 Å². The maximum Gasteiger partial charge on any atom is 0.416 e. The van der Waals surface area contributed by atoms with Gasteiger partial charge in [0.25, 0.3) is 17.7 Å². The molecule has 98 heavy (non-hydrogen) atoms. The minimum absolute atomic E-state index is 0.0414. The molecule has 2 saturated heterocycles. The number of alkyl halides is 3. The van der Waals surface area contributed by atoms with Crippen LogP contribution in [0, 0.1) is 12.8 Å². The van der Waals surface area contributed by atoms with Crippen LogP contribution in [0.25, 0.3) is 11.1 Å². The number of anilines is 2. The summed E-state index contributed by atoms with van der Waals surface area (Å²) < 4.78 is 98.8. The zero-order valence-electron chi connectivity index (χ0n) is 56.6. The second-order valence-corrected chi connectivity index (χ2v) is 23.0. The molecule has 6 N–H and O–H groups in total. The van der Waals surface area contributed by atoms with Crippen molar-refractivity contribution < 1.29 is 104 Å². The molecule has 0 bridgehead atoms. The Morgan fingerprint density at radius 1 is 0.724 bits per heavy atom. The van der Waals surface area contributed by atoms with Gasteiger partial charge in [0.1, 0.15) is 31.5 Å². The summed E-state index contributed by atoms with van der Waals surface area (Å²) in [5, 5.41) is 16.1. The van der Waals surface area contributed by atoms with E-state index < -0.39 is 47.4 Å². The minimum atomic E-state index is -4.57. The number of carbonyl (C=O) groups excluding carboxylic acids is 6. The maximum atomic E-state index is 13.1. The van der Waals surface area contributed by atoms with Crippen molar-refractivity contribution in [3.63, 3.8) is 0 Å². The molecule has 2 fully saturated rings. The molecule has 27 nitrogen and oxygen atoms in total. The minimum Gasteiger partial charge on any atom is -0.480 e. The number of nitrogens with two attached hydrogens (primary N) is 1. The summed E-state index contributed by atoms with van der Waals surface area (Å²) in [5.74, 6) is -2.71. The summed E-state index contributed by atoms with van der Waals surface area (Å²) >= 11 is 0. The monoisotopic (exact) mass is 1380 g/mol. The smallest absolute Gasteiger partial charge is 0.416 e. The number of carboxylic acids is 1. The van der Waals surface area contributed by atoms with Crippen LogP contribution in [0.2, 0.25) is 0 Å². The van der Waals surface area contributed by atoms with Gasteiger partial charge >= 0.3 is 12.1 Å². The number of morpholine rings is 1. The molecular formula is C68H95F3N8O19. The van der Waals surface area contributed by atoms with E-state index in [1.54, 1.807) is 37.4 Å². The number of fused-ring (bicyclic) bond motifs is 1. The Morgan fingerprint density at radius 2 is 1.36 bits per heavy atom. The van der Waals surface area contributed by atoms with Crippen molar-refractivity contribution in [3.05, 3.63) is 101 Å². The van der Waals surface area contributed by atoms with Gasteiger partial charge in [-0.05, 0) is 101 Å². The van der Waals surface area contributed by atoms with Crippen molar-refractivity contribution in [2.45, 2.75) is 91.5 Å². The number of ether oxygens (including phenoxy) is 11. The summed E-state index contributed by atoms with van der Waals surface area (Å²) in [6.45, 7) is 20.0. The van der Waals surface area contributed by atoms with E-state index in [0.29, 0.717) is 170 Å². The largest absolute Gasteiger partial charge is 0.480 e. The highest BCUT2D eigenvalue weighted by atomic mass is 19.4. The Balaban J connectivity index is 0.000000285. The van der Waals surface area contributed by atoms with Gasteiger partial charge in [0.15, 0.2) is 0 Å². The van der Waals surface area contributed by atoms with Gasteiger partial charge in [-0.1, -0.05) is 32.0 Å². The maximum absolute atomic E-state index is 13.1. The summed E-state index contributed by atoms with van der Waals surface area (Å²) in [4.78, 5) is 95.8. The highest BCUT2D eigenvalue weighted by Crippen LogP contribution is 2.35. The molecule has 1 atom stereocenters. The van der Waals surface area contributed by atoms with E-state index in [1.807, 2.05) is 19.9 Å². The van der Waals surface area contributed by atoms with E-state index in [9.17, 15) is 46.7 Å². The van der Waals surface area contributed by atoms with Crippen molar-refractivity contribution in [2.75, 3.05) is 169 Å². The van der Waals surface area contributed by atoms with Gasteiger partial charge in [0, 0.05) is 74.4 Å². The molecule has 2 aromatic carbocycles. The number of nitrogens with one attached hydrogen (secondary N) is 3. The lowest BCUT2D eigenvalue weighted by Crippen LogP contribution is -2.54. The fourth-order valence-corrected chi connectivity index (χ4v) is 9.76. The number of carbonyl (C=O) groups is 7. The summed E-state index contributed by atoms with van der Waals surface area (Å²) in [7, 11) is 0. The number of amides is 6. The zero-order valence-corrected chi connectivity index (χ0v) is 56.6. The van der Waals surface area contributed by atoms with Crippen LogP contribution in [0.5, 0.6) is 5.88 Å². The van der Waals surface area contributed by atoms with E-state index >= 15 is 0 Å². The van der Waals surface area contributed by atoms with E-state index in [1.165, 1.54) is 24.8 Å². The normalized spacial score (nSPS) is 14.6. The van der Waals surface area contributed by atoms with Gasteiger partial charge in [-0.2, -0.15) is 13.2 Å². The molecule has 2 aromatic heterocycles. The Bertz CT molecular complexity index is 3120. The molecule has 3 aliphatic rings. The second-order valence-electron chi connectivity index (χ2n) is 23.0. The van der Waals surface area contributed by atoms with Crippen LogP contribution in [-0.2, 0) is 79.1 Å². The van der Waals surface area contributed by atoms with E-state index in [2.05, 4.69) is 44.7 Å². The number of carboxylic acid groups (broad SMARTS) is 1. The Kier molecular flexibility index (Phi) is 37.3. The van der Waals surface area contributed by atoms with Crippen molar-refractivity contribution in [3.8, 4) is 17.0 Å². The third-order valence-electron chi connectivity index (χ3n) is 14.6. The fourth-order valence-electron chi connectivity index (χ4n) is 9.76. The zero-order chi connectivity index (χ0) is 71.1. The van der Waals surface area contributed by atoms with Crippen LogP contribution >= 0.6 is 0 Å². The quantitative estimate of drug-likeness (QED) is 0.0247. The van der Waals surface area contributed by atoms with Crippen LogP contribution in [0.1, 0.15) is 108 Å². The molecule has 0 saturated carbocycles. The first-order valence-electron chi connectivity index (χ1n) is 32.8. The van der Waals surface area contributed by atoms with Gasteiger partial charge in [0.05, 0.1) is 134 Å². The lowest BCUT2D eigenvalue weighted by atomic mass is 9.99. The molecule has 4 aromatic rings. The van der Waals surface area contributed by atoms with Crippen molar-refractivity contribution in [2.24, 2.45) is 11.7 Å². The molecule has 542 valence electrons. The number of aliphatic carboxylic acids is 1. The van der Waals surface area contributed by atoms with Crippen molar-refractivity contribution in [1.82, 2.24) is 25.5 Å². The lowest BCUT2D eigenvalue weighted by molar-refractivity contribution is -0.143. The van der Waals surface area contributed by atoms with Gasteiger partial charge in [-0.3, -0.25) is 44.0 Å². The summed E-state index contributed by atoms with van der Waals surface area (Å²) in [5.41, 5.74) is 8.82. The number of piperidine rings is 1. The number of hydrogen-bond acceptors (Lipinski definition) is 22. The highest BCUT2D eigenvalue weighted by Gasteiger charge is 2.45. The first-order chi connectivity index (χ1) is 47.2. The Labute approximate surface area is 569 Å². The standard InChI is InChI=1S/C31H35F3N4O8.C19H39NO6.C18H21N3O5/c1-21-26(17-25(19-35-21)37-29(41)22-3-2-4-24(15-22)31(32,33)34)23-16-27(38-5-7-42-8-6-38)30(36-18-23)46-14-13-44-10-9-43-11-12-45-20-28(39)40;1-17(2)6-5-8-22-9-7-20-19(21)16-25-13-12-23-10-11-24-14-15-26-18(3)4;19-8-10-26-9-2-4-11-3-1-5-12-15(11)18(25)21(17(12)24)13-6-7-14(22)20-16(13)23/h2-4,15-19H,5-14,20H2,1H3,(H,37,41)(H,39,40);17-18H,5-16H2,1-4H3,(H,20,21);1,3,5,13H,2,4,6-10,19H2,(H,20,22,23). The van der Waals surface area contributed by atoms with Crippen molar-refractivity contribution in [1.29, 1.82) is 0 Å². The van der Waals surface area contributed by atoms with Crippen LogP contribution < -0.4 is 31.3 Å².